The maximum Gasteiger partial charge on any atom is 0.286 e. The van der Waals surface area contributed by atoms with Crippen molar-refractivity contribution in [3.8, 4) is 6.07 Å². The summed E-state index contributed by atoms with van der Waals surface area (Å²) < 4.78 is 3.82. The van der Waals surface area contributed by atoms with E-state index in [1.54, 1.807) is 36.0 Å². The number of hydrogen-bond donors (Lipinski definition) is 2. The lowest BCUT2D eigenvalue weighted by Gasteiger charge is -2.11. The molecule has 0 atom stereocenters. The highest BCUT2D eigenvalue weighted by atomic mass is 16.2. The van der Waals surface area contributed by atoms with E-state index in [1.807, 2.05) is 26.0 Å². The van der Waals surface area contributed by atoms with E-state index in [4.69, 9.17) is 0 Å². The zero-order valence-electron chi connectivity index (χ0n) is 17.0. The number of nitrogens with one attached hydrogen (secondary N) is 2. The summed E-state index contributed by atoms with van der Waals surface area (Å²) in [5, 5.41) is 9.39. The van der Waals surface area contributed by atoms with Gasteiger partial charge in [0.1, 0.15) is 17.3 Å². The molecule has 28 heavy (non-hydrogen) atoms. The van der Waals surface area contributed by atoms with Crippen LogP contribution in [0.3, 0.4) is 0 Å². The van der Waals surface area contributed by atoms with E-state index in [-0.39, 0.29) is 5.57 Å². The molecule has 0 saturated heterocycles. The van der Waals surface area contributed by atoms with Crippen LogP contribution in [-0.2, 0) is 18.4 Å². The lowest BCUT2D eigenvalue weighted by atomic mass is 10.1. The molecular weight excluding hydrogens is 354 g/mol. The molecular formula is C21H27N5O2. The number of nitrogens with zero attached hydrogens (tertiary/aromatic N) is 3. The van der Waals surface area contributed by atoms with Crippen LogP contribution in [0.1, 0.15) is 47.7 Å². The third-order valence-electron chi connectivity index (χ3n) is 4.67. The summed E-state index contributed by atoms with van der Waals surface area (Å²) >= 11 is 0. The molecule has 0 fully saturated rings. The summed E-state index contributed by atoms with van der Waals surface area (Å²) in [6, 6.07) is 7.23. The summed E-state index contributed by atoms with van der Waals surface area (Å²) in [4.78, 5) is 24.4. The number of carbonyl (C=O) groups is 2. The second-order valence-electron chi connectivity index (χ2n) is 7.24. The van der Waals surface area contributed by atoms with Crippen molar-refractivity contribution in [2.24, 2.45) is 13.0 Å². The SMILES string of the molecule is Cc1cc(/C=C(/C#N)C(=O)NNC(=O)c2cccn2C)c(C)n1CCC(C)C. The molecule has 0 aliphatic carbocycles. The van der Waals surface area contributed by atoms with E-state index >= 15 is 0 Å². The van der Waals surface area contributed by atoms with E-state index in [2.05, 4.69) is 29.3 Å². The van der Waals surface area contributed by atoms with E-state index in [0.717, 1.165) is 29.9 Å². The molecule has 2 amide bonds. The van der Waals surface area contributed by atoms with Crippen LogP contribution in [0.5, 0.6) is 0 Å². The van der Waals surface area contributed by atoms with Gasteiger partial charge in [-0.05, 0) is 56.0 Å². The van der Waals surface area contributed by atoms with Gasteiger partial charge in [-0.15, -0.1) is 0 Å². The molecule has 148 valence electrons. The van der Waals surface area contributed by atoms with Crippen molar-refractivity contribution in [2.45, 2.75) is 40.7 Å². The number of carbonyl (C=O) groups excluding carboxylic acids is 2. The third kappa shape index (κ3) is 4.92. The van der Waals surface area contributed by atoms with E-state index < -0.39 is 11.8 Å². The highest BCUT2D eigenvalue weighted by Gasteiger charge is 2.15. The highest BCUT2D eigenvalue weighted by molar-refractivity contribution is 6.03. The van der Waals surface area contributed by atoms with E-state index in [9.17, 15) is 14.9 Å². The Balaban J connectivity index is 2.12. The van der Waals surface area contributed by atoms with Crippen LogP contribution >= 0.6 is 0 Å². The van der Waals surface area contributed by atoms with Gasteiger partial charge in [-0.25, -0.2) is 0 Å². The minimum atomic E-state index is -0.656. The quantitative estimate of drug-likeness (QED) is 0.458. The first-order valence-electron chi connectivity index (χ1n) is 9.25. The molecule has 0 saturated carbocycles. The van der Waals surface area contributed by atoms with Crippen LogP contribution in [0.25, 0.3) is 6.08 Å². The monoisotopic (exact) mass is 381 g/mol. The molecule has 0 aliphatic rings. The molecule has 0 spiro atoms. The number of rotatable bonds is 6. The Morgan fingerprint density at radius 3 is 2.57 bits per heavy atom. The van der Waals surface area contributed by atoms with Gasteiger partial charge in [0.05, 0.1) is 0 Å². The second-order valence-corrected chi connectivity index (χ2v) is 7.24. The fraction of sp³-hybridized carbons (Fsp3) is 0.381. The van der Waals surface area contributed by atoms with Crippen molar-refractivity contribution in [3.05, 3.63) is 52.6 Å². The zero-order valence-corrected chi connectivity index (χ0v) is 17.0. The van der Waals surface area contributed by atoms with Gasteiger partial charge in [-0.2, -0.15) is 5.26 Å². The molecule has 2 N–H and O–H groups in total. The topological polar surface area (TPSA) is 91.9 Å². The lowest BCUT2D eigenvalue weighted by molar-refractivity contribution is -0.117. The van der Waals surface area contributed by atoms with Gasteiger partial charge in [0.15, 0.2) is 0 Å². The first-order valence-corrected chi connectivity index (χ1v) is 9.25. The van der Waals surface area contributed by atoms with Crippen molar-refractivity contribution in [1.82, 2.24) is 20.0 Å². The predicted octanol–water partition coefficient (Wildman–Crippen LogP) is 2.86. The molecule has 7 heteroatoms. The fourth-order valence-corrected chi connectivity index (χ4v) is 2.95. The maximum atomic E-state index is 12.3. The summed E-state index contributed by atoms with van der Waals surface area (Å²) in [6.45, 7) is 9.23. The second kappa shape index (κ2) is 9.09. The van der Waals surface area contributed by atoms with Crippen LogP contribution in [0.4, 0.5) is 0 Å². The fourth-order valence-electron chi connectivity index (χ4n) is 2.95. The van der Waals surface area contributed by atoms with Crippen molar-refractivity contribution in [3.63, 3.8) is 0 Å². The first kappa shape index (κ1) is 21.0. The summed E-state index contributed by atoms with van der Waals surface area (Å²) in [5.41, 5.74) is 7.87. The van der Waals surface area contributed by atoms with Gasteiger partial charge in [0.25, 0.3) is 11.8 Å². The van der Waals surface area contributed by atoms with Gasteiger partial charge < -0.3 is 9.13 Å². The minimum absolute atomic E-state index is 0.0729. The molecule has 0 aliphatic heterocycles. The van der Waals surface area contributed by atoms with Crippen molar-refractivity contribution in [1.29, 1.82) is 5.26 Å². The molecule has 2 heterocycles. The summed E-state index contributed by atoms with van der Waals surface area (Å²) in [5.74, 6) is -0.518. The van der Waals surface area contributed by atoms with Crippen LogP contribution < -0.4 is 10.9 Å². The summed E-state index contributed by atoms with van der Waals surface area (Å²) in [6.07, 6.45) is 4.33. The smallest absolute Gasteiger partial charge is 0.286 e. The van der Waals surface area contributed by atoms with Gasteiger partial charge in [0.2, 0.25) is 0 Å². The Bertz CT molecular complexity index is 941. The number of aromatic nitrogens is 2. The van der Waals surface area contributed by atoms with E-state index in [0.29, 0.717) is 11.6 Å². The van der Waals surface area contributed by atoms with Crippen molar-refractivity contribution >= 4 is 17.9 Å². The predicted molar refractivity (Wildman–Crippen MR) is 108 cm³/mol. The Kier molecular flexibility index (Phi) is 6.83. The normalized spacial score (nSPS) is 11.4. The molecule has 7 nitrogen and oxygen atoms in total. The van der Waals surface area contributed by atoms with Gasteiger partial charge in [-0.3, -0.25) is 20.4 Å². The third-order valence-corrected chi connectivity index (χ3v) is 4.67. The number of amides is 2. The van der Waals surface area contributed by atoms with Crippen molar-refractivity contribution in [2.75, 3.05) is 0 Å². The average molecular weight is 381 g/mol. The van der Waals surface area contributed by atoms with Crippen molar-refractivity contribution < 1.29 is 9.59 Å². The number of aryl methyl sites for hydroxylation is 2. The largest absolute Gasteiger partial charge is 0.349 e. The zero-order chi connectivity index (χ0) is 20.8. The number of hydrazine groups is 1. The van der Waals surface area contributed by atoms with Gasteiger partial charge in [-0.1, -0.05) is 13.8 Å². The Morgan fingerprint density at radius 1 is 1.29 bits per heavy atom. The van der Waals surface area contributed by atoms with E-state index in [1.165, 1.54) is 0 Å². The molecule has 0 radical (unpaired) electrons. The number of hydrogen-bond acceptors (Lipinski definition) is 3. The Labute approximate surface area is 165 Å². The minimum Gasteiger partial charge on any atom is -0.349 e. The standard InChI is InChI=1S/C21H27N5O2/c1-14(2)8-10-26-15(3)11-17(16(26)4)12-18(13-22)20(27)23-24-21(28)19-7-6-9-25(19)5/h6-7,9,11-12,14H,8,10H2,1-5H3,(H,23,27)(H,24,28)/b18-12-. The Hall–Kier alpha value is -3.27. The molecule has 0 bridgehead atoms. The molecule has 0 unspecified atom stereocenters. The van der Waals surface area contributed by atoms with Crippen LogP contribution in [0.2, 0.25) is 0 Å². The van der Waals surface area contributed by atoms with Gasteiger partial charge in [0, 0.05) is 31.2 Å². The first-order chi connectivity index (χ1) is 13.2. The maximum absolute atomic E-state index is 12.3. The van der Waals surface area contributed by atoms with Gasteiger partial charge >= 0.3 is 0 Å². The molecule has 2 aromatic heterocycles. The van der Waals surface area contributed by atoms with Crippen LogP contribution in [-0.4, -0.2) is 20.9 Å². The molecule has 2 rings (SSSR count). The highest BCUT2D eigenvalue weighted by Crippen LogP contribution is 2.19. The molecule has 0 aromatic carbocycles. The summed E-state index contributed by atoms with van der Waals surface area (Å²) in [7, 11) is 1.73. The average Bonchev–Trinajstić information content (AvgIpc) is 3.18. The van der Waals surface area contributed by atoms with Crippen LogP contribution in [0.15, 0.2) is 30.0 Å². The Morgan fingerprint density at radius 2 is 2.00 bits per heavy atom. The molecule has 2 aromatic rings. The lowest BCUT2D eigenvalue weighted by Crippen LogP contribution is -2.42. The van der Waals surface area contributed by atoms with Crippen LogP contribution in [0, 0.1) is 31.1 Å². The number of nitriles is 1.